The summed E-state index contributed by atoms with van der Waals surface area (Å²) in [7, 11) is 0. The number of Topliss-reactive ketones (excluding diaryl/α,β-unsaturated/α-hetero) is 1. The number of aliphatic hydroxyl groups excluding tert-OH is 1. The highest BCUT2D eigenvalue weighted by Crippen LogP contribution is 2.11. The lowest BCUT2D eigenvalue weighted by atomic mass is 9.95. The van der Waals surface area contributed by atoms with Crippen molar-refractivity contribution in [3.05, 3.63) is 47.0 Å². The Hall–Kier alpha value is -2.45. The number of carbonyl (C=O) groups is 2. The average molecular weight is 286 g/mol. The minimum Gasteiger partial charge on any atom is -0.392 e. The van der Waals surface area contributed by atoms with Crippen molar-refractivity contribution in [1.82, 2.24) is 5.32 Å². The zero-order valence-corrected chi connectivity index (χ0v) is 12.1. The number of hydrogen-bond acceptors (Lipinski definition) is 4. The molecule has 21 heavy (non-hydrogen) atoms. The Bertz CT molecular complexity index is 585. The second kappa shape index (κ2) is 7.98. The number of nitrogens with one attached hydrogen (secondary N) is 1. The van der Waals surface area contributed by atoms with Crippen LogP contribution in [0.2, 0.25) is 0 Å². The Kier molecular flexibility index (Phi) is 6.31. The maximum atomic E-state index is 12.4. The number of amides is 1. The predicted octanol–water partition coefficient (Wildman–Crippen LogP) is 1.14. The molecule has 1 amide bonds. The number of benzene rings is 1. The third-order valence-corrected chi connectivity index (χ3v) is 3.00. The van der Waals surface area contributed by atoms with Crippen LogP contribution in [0.5, 0.6) is 0 Å². The van der Waals surface area contributed by atoms with Gasteiger partial charge in [-0.1, -0.05) is 30.3 Å². The molecule has 0 aliphatic carbocycles. The second-order valence-electron chi connectivity index (χ2n) is 4.73. The van der Waals surface area contributed by atoms with Crippen molar-refractivity contribution in [3.8, 4) is 6.07 Å². The summed E-state index contributed by atoms with van der Waals surface area (Å²) in [6.45, 7) is 2.47. The fourth-order valence-electron chi connectivity index (χ4n) is 1.92. The first-order valence-electron chi connectivity index (χ1n) is 6.55. The number of nitriles is 1. The largest absolute Gasteiger partial charge is 0.392 e. The zero-order valence-electron chi connectivity index (χ0n) is 12.1. The van der Waals surface area contributed by atoms with Crippen molar-refractivity contribution in [2.45, 2.75) is 26.3 Å². The van der Waals surface area contributed by atoms with Crippen molar-refractivity contribution in [3.63, 3.8) is 0 Å². The van der Waals surface area contributed by atoms with E-state index in [1.165, 1.54) is 13.8 Å². The van der Waals surface area contributed by atoms with E-state index in [0.717, 1.165) is 5.56 Å². The lowest BCUT2D eigenvalue weighted by Crippen LogP contribution is -2.42. The Balaban J connectivity index is 3.05. The van der Waals surface area contributed by atoms with E-state index in [9.17, 15) is 9.59 Å². The van der Waals surface area contributed by atoms with E-state index in [2.05, 4.69) is 5.32 Å². The van der Waals surface area contributed by atoms with Gasteiger partial charge in [-0.25, -0.2) is 0 Å². The molecule has 1 rings (SSSR count). The first kappa shape index (κ1) is 16.6. The number of rotatable bonds is 6. The van der Waals surface area contributed by atoms with Gasteiger partial charge in [0.15, 0.2) is 5.78 Å². The maximum Gasteiger partial charge on any atom is 0.217 e. The molecule has 0 aliphatic heterocycles. The van der Waals surface area contributed by atoms with Gasteiger partial charge in [0, 0.05) is 13.3 Å². The third-order valence-electron chi connectivity index (χ3n) is 3.00. The minimum atomic E-state index is -0.818. The molecule has 1 aromatic rings. The molecule has 0 heterocycles. The van der Waals surface area contributed by atoms with Gasteiger partial charge in [0.25, 0.3) is 0 Å². The molecule has 5 nitrogen and oxygen atoms in total. The summed E-state index contributed by atoms with van der Waals surface area (Å²) in [6, 6.07) is 10.2. The van der Waals surface area contributed by atoms with Crippen LogP contribution in [0.4, 0.5) is 0 Å². The fourth-order valence-corrected chi connectivity index (χ4v) is 1.92. The first-order chi connectivity index (χ1) is 9.99. The number of hydrogen-bond donors (Lipinski definition) is 2. The molecule has 0 fully saturated rings. The van der Waals surface area contributed by atoms with Crippen molar-refractivity contribution in [1.29, 1.82) is 5.26 Å². The molecule has 1 aromatic carbocycles. The molecule has 0 aliphatic rings. The lowest BCUT2D eigenvalue weighted by molar-refractivity contribution is -0.124. The minimum absolute atomic E-state index is 0.104. The number of ketones is 1. The maximum absolute atomic E-state index is 12.4. The van der Waals surface area contributed by atoms with Crippen molar-refractivity contribution in [2.75, 3.05) is 6.61 Å². The van der Waals surface area contributed by atoms with Gasteiger partial charge >= 0.3 is 0 Å². The summed E-state index contributed by atoms with van der Waals surface area (Å²) in [5, 5.41) is 20.8. The van der Waals surface area contributed by atoms with Crippen LogP contribution in [0.15, 0.2) is 41.5 Å². The Morgan fingerprint density at radius 1 is 1.29 bits per heavy atom. The van der Waals surface area contributed by atoms with Crippen LogP contribution in [0.25, 0.3) is 0 Å². The van der Waals surface area contributed by atoms with E-state index in [0.29, 0.717) is 12.0 Å². The van der Waals surface area contributed by atoms with Gasteiger partial charge in [-0.05, 0) is 18.1 Å². The number of nitrogens with zero attached hydrogens (tertiary/aromatic N) is 1. The van der Waals surface area contributed by atoms with Crippen LogP contribution in [0.3, 0.4) is 0 Å². The van der Waals surface area contributed by atoms with Crippen molar-refractivity contribution < 1.29 is 14.7 Å². The standard InChI is InChI=1S/C16H18N2O3/c1-11(10-19)14(9-17)16(21)15(18-12(2)20)8-13-6-4-3-5-7-13/h3-7,15,19H,8,10H2,1-2H3,(H,18,20)/b14-11+/t15-/m0/s1. The smallest absolute Gasteiger partial charge is 0.217 e. The molecule has 0 saturated carbocycles. The highest BCUT2D eigenvalue weighted by molar-refractivity contribution is 6.04. The zero-order chi connectivity index (χ0) is 15.8. The van der Waals surface area contributed by atoms with Crippen molar-refractivity contribution in [2.24, 2.45) is 0 Å². The first-order valence-corrected chi connectivity index (χ1v) is 6.55. The Morgan fingerprint density at radius 2 is 1.90 bits per heavy atom. The monoisotopic (exact) mass is 286 g/mol. The van der Waals surface area contributed by atoms with Crippen LogP contribution in [0.1, 0.15) is 19.4 Å². The van der Waals surface area contributed by atoms with E-state index < -0.39 is 11.8 Å². The van der Waals surface area contributed by atoms with Crippen LogP contribution in [-0.4, -0.2) is 29.4 Å². The Morgan fingerprint density at radius 3 is 2.38 bits per heavy atom. The predicted molar refractivity (Wildman–Crippen MR) is 78.2 cm³/mol. The third kappa shape index (κ3) is 4.86. The summed E-state index contributed by atoms with van der Waals surface area (Å²) in [6.07, 6.45) is 0.295. The van der Waals surface area contributed by atoms with Crippen LogP contribution in [-0.2, 0) is 16.0 Å². The van der Waals surface area contributed by atoms with Gasteiger partial charge in [0.05, 0.1) is 18.2 Å². The van der Waals surface area contributed by atoms with Gasteiger partial charge in [-0.2, -0.15) is 5.26 Å². The molecule has 0 bridgehead atoms. The number of carbonyl (C=O) groups excluding carboxylic acids is 2. The molecule has 0 saturated heterocycles. The highest BCUT2D eigenvalue weighted by atomic mass is 16.3. The molecule has 0 unspecified atom stereocenters. The fraction of sp³-hybridized carbons (Fsp3) is 0.312. The normalized spacial score (nSPS) is 12.9. The lowest BCUT2D eigenvalue weighted by Gasteiger charge is -2.17. The van der Waals surface area contributed by atoms with Gasteiger partial charge in [0.2, 0.25) is 5.91 Å². The molecule has 0 radical (unpaired) electrons. The molecule has 110 valence electrons. The van der Waals surface area contributed by atoms with Crippen LogP contribution in [0, 0.1) is 11.3 Å². The van der Waals surface area contributed by atoms with Gasteiger partial charge < -0.3 is 10.4 Å². The SMILES string of the molecule is CC(=O)N[C@@H](Cc1ccccc1)C(=O)/C(C#N)=C(\C)CO. The molecule has 5 heteroatoms. The second-order valence-corrected chi connectivity index (χ2v) is 4.73. The molecular formula is C16H18N2O3. The van der Waals surface area contributed by atoms with E-state index >= 15 is 0 Å². The summed E-state index contributed by atoms with van der Waals surface area (Å²) in [4.78, 5) is 23.7. The van der Waals surface area contributed by atoms with Gasteiger partial charge in [-0.15, -0.1) is 0 Å². The topological polar surface area (TPSA) is 90.2 Å². The molecule has 1 atom stereocenters. The van der Waals surface area contributed by atoms with Gasteiger partial charge in [0.1, 0.15) is 6.07 Å². The molecule has 0 spiro atoms. The quantitative estimate of drug-likeness (QED) is 0.606. The Labute approximate surface area is 123 Å². The van der Waals surface area contributed by atoms with Gasteiger partial charge in [-0.3, -0.25) is 9.59 Å². The highest BCUT2D eigenvalue weighted by Gasteiger charge is 2.24. The van der Waals surface area contributed by atoms with Crippen LogP contribution >= 0.6 is 0 Å². The van der Waals surface area contributed by atoms with E-state index in [4.69, 9.17) is 10.4 Å². The summed E-state index contributed by atoms with van der Waals surface area (Å²) < 4.78 is 0. The average Bonchev–Trinajstić information content (AvgIpc) is 2.47. The summed E-state index contributed by atoms with van der Waals surface area (Å²) in [5.41, 5.74) is 1.07. The van der Waals surface area contributed by atoms with Crippen LogP contribution < -0.4 is 5.32 Å². The van der Waals surface area contributed by atoms with E-state index in [1.807, 2.05) is 36.4 Å². The molecular weight excluding hydrogens is 268 g/mol. The number of aliphatic hydroxyl groups is 1. The van der Waals surface area contributed by atoms with E-state index in [-0.39, 0.29) is 18.1 Å². The molecule has 0 aromatic heterocycles. The van der Waals surface area contributed by atoms with Crippen molar-refractivity contribution >= 4 is 11.7 Å². The summed E-state index contributed by atoms with van der Waals surface area (Å²) >= 11 is 0. The summed E-state index contributed by atoms with van der Waals surface area (Å²) in [5.74, 6) is -0.827. The molecule has 2 N–H and O–H groups in total. The van der Waals surface area contributed by atoms with E-state index in [1.54, 1.807) is 0 Å².